The molecule has 132 valence electrons. The van der Waals surface area contributed by atoms with Gasteiger partial charge in [-0.2, -0.15) is 0 Å². The Balaban J connectivity index is 1.97. The second-order valence-corrected chi connectivity index (χ2v) is 6.90. The fourth-order valence-electron chi connectivity index (χ4n) is 3.11. The molecule has 1 aliphatic heterocycles. The number of rotatable bonds is 2. The van der Waals surface area contributed by atoms with Crippen molar-refractivity contribution in [2.24, 2.45) is 14.1 Å². The van der Waals surface area contributed by atoms with Crippen LogP contribution in [0.4, 0.5) is 0 Å². The van der Waals surface area contributed by atoms with Crippen molar-refractivity contribution < 1.29 is 9.53 Å². The van der Waals surface area contributed by atoms with Gasteiger partial charge in [0, 0.05) is 32.1 Å². The van der Waals surface area contributed by atoms with E-state index in [4.69, 9.17) is 4.74 Å². The molecule has 1 N–H and O–H groups in total. The first kappa shape index (κ1) is 17.0. The molecule has 0 saturated carbocycles. The van der Waals surface area contributed by atoms with Gasteiger partial charge in [-0.25, -0.2) is 4.79 Å². The van der Waals surface area contributed by atoms with Crippen LogP contribution in [-0.2, 0) is 14.1 Å². The lowest BCUT2D eigenvalue weighted by Gasteiger charge is -2.37. The predicted molar refractivity (Wildman–Crippen MR) is 92.9 cm³/mol. The van der Waals surface area contributed by atoms with Crippen LogP contribution in [0.1, 0.15) is 42.4 Å². The number of ether oxygens (including phenoxy) is 1. The quantitative estimate of drug-likeness (QED) is 0.886. The first-order valence-electron chi connectivity index (χ1n) is 8.05. The third-order valence-electron chi connectivity index (χ3n) is 4.44. The molecule has 1 aromatic heterocycles. The fourth-order valence-corrected chi connectivity index (χ4v) is 3.11. The number of aromatic nitrogens is 2. The molecule has 0 spiro atoms. The molecule has 1 aromatic carbocycles. The van der Waals surface area contributed by atoms with Gasteiger partial charge in [-0.05, 0) is 19.9 Å². The van der Waals surface area contributed by atoms with Gasteiger partial charge in [0.2, 0.25) is 0 Å². The number of nitrogens with zero attached hydrogens (tertiary/aromatic N) is 2. The van der Waals surface area contributed by atoms with Gasteiger partial charge in [0.25, 0.3) is 11.5 Å². The summed E-state index contributed by atoms with van der Waals surface area (Å²) in [5, 5.41) is 2.93. The number of nitrogens with one attached hydrogen (secondary N) is 1. The van der Waals surface area contributed by atoms with E-state index in [1.54, 1.807) is 0 Å². The fraction of sp³-hybridized carbons (Fsp3) is 0.389. The molecule has 7 heteroatoms. The third kappa shape index (κ3) is 3.09. The maximum Gasteiger partial charge on any atom is 0.331 e. The molecule has 1 amide bonds. The van der Waals surface area contributed by atoms with E-state index in [0.29, 0.717) is 6.42 Å². The Labute approximate surface area is 144 Å². The molecule has 1 aliphatic rings. The maximum atomic E-state index is 12.7. The molecule has 1 unspecified atom stereocenters. The van der Waals surface area contributed by atoms with Crippen molar-refractivity contribution in [3.05, 3.63) is 62.4 Å². The number of carbonyl (C=O) groups excluding carboxylic acids is 1. The Morgan fingerprint density at radius 2 is 1.88 bits per heavy atom. The molecule has 0 fully saturated rings. The van der Waals surface area contributed by atoms with Crippen LogP contribution in [0, 0.1) is 0 Å². The lowest BCUT2D eigenvalue weighted by molar-refractivity contribution is 0.0617. The van der Waals surface area contributed by atoms with E-state index >= 15 is 0 Å². The van der Waals surface area contributed by atoms with Crippen LogP contribution in [0.15, 0.2) is 39.9 Å². The molecule has 2 aromatic rings. The highest BCUT2D eigenvalue weighted by atomic mass is 16.5. The zero-order chi connectivity index (χ0) is 18.4. The normalized spacial score (nSPS) is 18.2. The van der Waals surface area contributed by atoms with Crippen molar-refractivity contribution >= 4 is 5.91 Å². The van der Waals surface area contributed by atoms with E-state index in [1.807, 2.05) is 38.1 Å². The van der Waals surface area contributed by atoms with Crippen LogP contribution in [-0.4, -0.2) is 20.6 Å². The van der Waals surface area contributed by atoms with Crippen LogP contribution in [0.5, 0.6) is 5.75 Å². The summed E-state index contributed by atoms with van der Waals surface area (Å²) in [6.07, 6.45) is 0.578. The summed E-state index contributed by atoms with van der Waals surface area (Å²) < 4.78 is 8.09. The van der Waals surface area contributed by atoms with Gasteiger partial charge >= 0.3 is 5.69 Å². The number of carbonyl (C=O) groups is 1. The Bertz CT molecular complexity index is 956. The number of para-hydroxylation sites is 1. The Morgan fingerprint density at radius 1 is 1.20 bits per heavy atom. The van der Waals surface area contributed by atoms with Crippen molar-refractivity contribution in [3.8, 4) is 5.75 Å². The summed E-state index contributed by atoms with van der Waals surface area (Å²) in [5.41, 5.74) is -0.574. The van der Waals surface area contributed by atoms with Gasteiger partial charge in [0.1, 0.15) is 17.0 Å². The van der Waals surface area contributed by atoms with Gasteiger partial charge in [-0.3, -0.25) is 18.7 Å². The SMILES string of the molecule is Cn1c(C(=O)NC2CC(C)(C)Oc3ccccc32)cc(=O)n(C)c1=O. The van der Waals surface area contributed by atoms with Crippen LogP contribution >= 0.6 is 0 Å². The molecule has 1 atom stereocenters. The predicted octanol–water partition coefficient (Wildman–Crippen LogP) is 1.12. The van der Waals surface area contributed by atoms with E-state index in [-0.39, 0.29) is 11.7 Å². The highest BCUT2D eigenvalue weighted by Crippen LogP contribution is 2.39. The van der Waals surface area contributed by atoms with E-state index < -0.39 is 22.8 Å². The molecule has 2 heterocycles. The highest BCUT2D eigenvalue weighted by Gasteiger charge is 2.34. The summed E-state index contributed by atoms with van der Waals surface area (Å²) >= 11 is 0. The lowest BCUT2D eigenvalue weighted by atomic mass is 9.89. The van der Waals surface area contributed by atoms with E-state index in [1.165, 1.54) is 24.7 Å². The van der Waals surface area contributed by atoms with Gasteiger partial charge in [-0.1, -0.05) is 18.2 Å². The van der Waals surface area contributed by atoms with Gasteiger partial charge in [0.05, 0.1) is 6.04 Å². The zero-order valence-corrected chi connectivity index (χ0v) is 14.7. The molecule has 7 nitrogen and oxygen atoms in total. The number of amides is 1. The first-order valence-corrected chi connectivity index (χ1v) is 8.05. The summed E-state index contributed by atoms with van der Waals surface area (Å²) in [6.45, 7) is 3.91. The van der Waals surface area contributed by atoms with Crippen LogP contribution in [0.25, 0.3) is 0 Å². The zero-order valence-electron chi connectivity index (χ0n) is 14.7. The highest BCUT2D eigenvalue weighted by molar-refractivity contribution is 5.92. The summed E-state index contributed by atoms with van der Waals surface area (Å²) in [4.78, 5) is 36.6. The van der Waals surface area contributed by atoms with Crippen molar-refractivity contribution in [1.82, 2.24) is 14.5 Å². The molecule has 0 saturated heterocycles. The minimum absolute atomic E-state index is 0.0369. The third-order valence-corrected chi connectivity index (χ3v) is 4.44. The molecule has 25 heavy (non-hydrogen) atoms. The Morgan fingerprint density at radius 3 is 2.60 bits per heavy atom. The summed E-state index contributed by atoms with van der Waals surface area (Å²) in [7, 11) is 2.85. The Kier molecular flexibility index (Phi) is 4.02. The van der Waals surface area contributed by atoms with E-state index in [0.717, 1.165) is 15.9 Å². The Hall–Kier alpha value is -2.83. The summed E-state index contributed by atoms with van der Waals surface area (Å²) in [6, 6.07) is 8.43. The minimum Gasteiger partial charge on any atom is -0.487 e. The van der Waals surface area contributed by atoms with Crippen molar-refractivity contribution in [1.29, 1.82) is 0 Å². The van der Waals surface area contributed by atoms with Gasteiger partial charge in [-0.15, -0.1) is 0 Å². The van der Waals surface area contributed by atoms with E-state index in [2.05, 4.69) is 5.32 Å². The second-order valence-electron chi connectivity index (χ2n) is 6.90. The van der Waals surface area contributed by atoms with Crippen molar-refractivity contribution in [3.63, 3.8) is 0 Å². The maximum absolute atomic E-state index is 12.7. The largest absolute Gasteiger partial charge is 0.487 e. The number of hydrogen-bond acceptors (Lipinski definition) is 4. The first-order chi connectivity index (χ1) is 11.7. The molecular formula is C18H21N3O4. The van der Waals surface area contributed by atoms with Crippen LogP contribution < -0.4 is 21.3 Å². The average Bonchev–Trinajstić information content (AvgIpc) is 2.55. The standard InChI is InChI=1S/C18H21N3O4/c1-18(2)10-12(11-7-5-6-8-14(11)25-18)19-16(23)13-9-15(22)21(4)17(24)20(13)3/h5-9,12H,10H2,1-4H3,(H,19,23). The van der Waals surface area contributed by atoms with Gasteiger partial charge in [0.15, 0.2) is 0 Å². The molecule has 0 radical (unpaired) electrons. The van der Waals surface area contributed by atoms with Crippen LogP contribution in [0.2, 0.25) is 0 Å². The van der Waals surface area contributed by atoms with Gasteiger partial charge < -0.3 is 10.1 Å². The molecular weight excluding hydrogens is 322 g/mol. The van der Waals surface area contributed by atoms with Crippen molar-refractivity contribution in [2.75, 3.05) is 0 Å². The molecule has 0 aliphatic carbocycles. The molecule has 3 rings (SSSR count). The second kappa shape index (κ2) is 5.91. The minimum atomic E-state index is -0.537. The smallest absolute Gasteiger partial charge is 0.331 e. The molecule has 0 bridgehead atoms. The average molecular weight is 343 g/mol. The summed E-state index contributed by atoms with van der Waals surface area (Å²) in [5.74, 6) is 0.261. The number of fused-ring (bicyclic) bond motifs is 1. The lowest BCUT2D eigenvalue weighted by Crippen LogP contribution is -2.44. The number of benzene rings is 1. The van der Waals surface area contributed by atoms with Crippen LogP contribution in [0.3, 0.4) is 0 Å². The van der Waals surface area contributed by atoms with E-state index in [9.17, 15) is 14.4 Å². The monoisotopic (exact) mass is 343 g/mol. The number of hydrogen-bond donors (Lipinski definition) is 1. The van der Waals surface area contributed by atoms with Crippen molar-refractivity contribution in [2.45, 2.75) is 31.9 Å². The topological polar surface area (TPSA) is 82.3 Å².